The van der Waals surface area contributed by atoms with E-state index in [4.69, 9.17) is 0 Å². The van der Waals surface area contributed by atoms with Crippen LogP contribution in [0.1, 0.15) is 28.1 Å². The molecule has 0 aliphatic carbocycles. The van der Waals surface area contributed by atoms with Crippen molar-refractivity contribution in [3.63, 3.8) is 0 Å². The van der Waals surface area contributed by atoms with Gasteiger partial charge in [0, 0.05) is 23.5 Å². The Hall–Kier alpha value is -2.18. The lowest BCUT2D eigenvalue weighted by Crippen LogP contribution is -2.41. The first-order chi connectivity index (χ1) is 12.7. The number of hydrogen-bond acceptors (Lipinski definition) is 4. The lowest BCUT2D eigenvalue weighted by molar-refractivity contribution is -0.120. The average molecular weight is 372 g/mol. The van der Waals surface area contributed by atoms with Crippen molar-refractivity contribution in [2.45, 2.75) is 19.4 Å². The Balaban J connectivity index is 1.31. The molecule has 0 spiro atoms. The number of nitrogens with one attached hydrogen (secondary N) is 2. The summed E-state index contributed by atoms with van der Waals surface area (Å²) in [5, 5.41) is 7.73. The van der Waals surface area contributed by atoms with Crippen LogP contribution in [0.15, 0.2) is 47.8 Å². The normalized spacial score (nSPS) is 15.5. The standard InChI is InChI=1S/C20H25N3O2S/c24-19(14-22-20(25)17-5-2-1-3-6-17)21-13-16-8-10-23(11-9-16)15-18-7-4-12-26-18/h1-7,12,16H,8-11,13-15H2,(H,21,24)(H,22,25). The number of nitrogens with zero attached hydrogens (tertiary/aromatic N) is 1. The van der Waals surface area contributed by atoms with E-state index in [-0.39, 0.29) is 18.4 Å². The van der Waals surface area contributed by atoms with Gasteiger partial charge in [-0.25, -0.2) is 0 Å². The second kappa shape index (κ2) is 9.50. The van der Waals surface area contributed by atoms with Gasteiger partial charge in [-0.15, -0.1) is 11.3 Å². The quantitative estimate of drug-likeness (QED) is 0.786. The number of rotatable bonds is 7. The van der Waals surface area contributed by atoms with Gasteiger partial charge in [-0.1, -0.05) is 24.3 Å². The van der Waals surface area contributed by atoms with Crippen molar-refractivity contribution in [1.29, 1.82) is 0 Å². The molecule has 138 valence electrons. The van der Waals surface area contributed by atoms with Crippen LogP contribution in [0.5, 0.6) is 0 Å². The summed E-state index contributed by atoms with van der Waals surface area (Å²) in [6.45, 7) is 3.88. The van der Waals surface area contributed by atoms with Gasteiger partial charge in [0.25, 0.3) is 5.91 Å². The number of amides is 2. The molecule has 1 saturated heterocycles. The second-order valence-corrected chi connectivity index (χ2v) is 7.68. The summed E-state index contributed by atoms with van der Waals surface area (Å²) in [6.07, 6.45) is 2.20. The molecule has 0 saturated carbocycles. The number of hydrogen-bond donors (Lipinski definition) is 2. The van der Waals surface area contributed by atoms with Crippen LogP contribution in [0.3, 0.4) is 0 Å². The van der Waals surface area contributed by atoms with Crippen LogP contribution >= 0.6 is 11.3 Å². The molecule has 1 fully saturated rings. The first kappa shape index (κ1) is 18.6. The summed E-state index contributed by atoms with van der Waals surface area (Å²) >= 11 is 1.80. The van der Waals surface area contributed by atoms with Crippen LogP contribution in [0.2, 0.25) is 0 Å². The highest BCUT2D eigenvalue weighted by molar-refractivity contribution is 7.09. The maximum absolute atomic E-state index is 12.0. The Labute approximate surface area is 158 Å². The predicted octanol–water partition coefficient (Wildman–Crippen LogP) is 2.51. The Morgan fingerprint density at radius 3 is 2.50 bits per heavy atom. The van der Waals surface area contributed by atoms with Gasteiger partial charge in [-0.05, 0) is 55.4 Å². The van der Waals surface area contributed by atoms with Crippen molar-refractivity contribution < 1.29 is 9.59 Å². The monoisotopic (exact) mass is 371 g/mol. The molecule has 0 bridgehead atoms. The van der Waals surface area contributed by atoms with Crippen molar-refractivity contribution in [2.75, 3.05) is 26.2 Å². The van der Waals surface area contributed by atoms with Gasteiger partial charge < -0.3 is 10.6 Å². The summed E-state index contributed by atoms with van der Waals surface area (Å²) in [7, 11) is 0. The Kier molecular flexibility index (Phi) is 6.80. The fourth-order valence-electron chi connectivity index (χ4n) is 3.14. The third kappa shape index (κ3) is 5.68. The number of piperidine rings is 1. The Bertz CT molecular complexity index is 695. The number of benzene rings is 1. The summed E-state index contributed by atoms with van der Waals surface area (Å²) in [6, 6.07) is 13.2. The first-order valence-corrected chi connectivity index (χ1v) is 9.93. The molecule has 1 aromatic heterocycles. The number of carbonyl (C=O) groups is 2. The lowest BCUT2D eigenvalue weighted by Gasteiger charge is -2.31. The van der Waals surface area contributed by atoms with E-state index in [0.717, 1.165) is 32.5 Å². The molecule has 5 nitrogen and oxygen atoms in total. The van der Waals surface area contributed by atoms with E-state index in [9.17, 15) is 9.59 Å². The van der Waals surface area contributed by atoms with E-state index in [1.807, 2.05) is 6.07 Å². The third-order valence-electron chi connectivity index (χ3n) is 4.70. The van der Waals surface area contributed by atoms with E-state index in [1.165, 1.54) is 4.88 Å². The van der Waals surface area contributed by atoms with Gasteiger partial charge in [0.05, 0.1) is 6.54 Å². The number of carbonyl (C=O) groups excluding carboxylic acids is 2. The summed E-state index contributed by atoms with van der Waals surface area (Å²) in [5.41, 5.74) is 0.568. The van der Waals surface area contributed by atoms with E-state index in [2.05, 4.69) is 33.0 Å². The summed E-state index contributed by atoms with van der Waals surface area (Å²) in [4.78, 5) is 27.8. The Morgan fingerprint density at radius 1 is 1.04 bits per heavy atom. The molecular weight excluding hydrogens is 346 g/mol. The molecule has 6 heteroatoms. The topological polar surface area (TPSA) is 61.4 Å². The zero-order valence-electron chi connectivity index (χ0n) is 14.8. The van der Waals surface area contributed by atoms with Crippen LogP contribution in [0.25, 0.3) is 0 Å². The molecule has 1 aliphatic heterocycles. The SMILES string of the molecule is O=C(CNC(=O)c1ccccc1)NCC1CCN(Cc2cccs2)CC1. The van der Waals surface area contributed by atoms with E-state index < -0.39 is 0 Å². The van der Waals surface area contributed by atoms with Gasteiger partial charge in [0.2, 0.25) is 5.91 Å². The minimum atomic E-state index is -0.220. The van der Waals surface area contributed by atoms with Crippen molar-refractivity contribution in [2.24, 2.45) is 5.92 Å². The molecule has 2 heterocycles. The highest BCUT2D eigenvalue weighted by Gasteiger charge is 2.20. The first-order valence-electron chi connectivity index (χ1n) is 9.05. The van der Waals surface area contributed by atoms with Crippen LogP contribution in [-0.2, 0) is 11.3 Å². The minimum Gasteiger partial charge on any atom is -0.354 e. The van der Waals surface area contributed by atoms with Crippen LogP contribution in [0, 0.1) is 5.92 Å². The van der Waals surface area contributed by atoms with Gasteiger partial charge in [-0.2, -0.15) is 0 Å². The molecule has 0 radical (unpaired) electrons. The van der Waals surface area contributed by atoms with Gasteiger partial charge in [0.15, 0.2) is 0 Å². The fourth-order valence-corrected chi connectivity index (χ4v) is 3.89. The number of likely N-dealkylation sites (tertiary alicyclic amines) is 1. The average Bonchev–Trinajstić information content (AvgIpc) is 3.19. The van der Waals surface area contributed by atoms with Crippen molar-refractivity contribution >= 4 is 23.2 Å². The molecule has 3 rings (SSSR count). The zero-order valence-corrected chi connectivity index (χ0v) is 15.6. The summed E-state index contributed by atoms with van der Waals surface area (Å²) in [5.74, 6) is 0.168. The smallest absolute Gasteiger partial charge is 0.251 e. The highest BCUT2D eigenvalue weighted by Crippen LogP contribution is 2.20. The van der Waals surface area contributed by atoms with Gasteiger partial charge in [-0.3, -0.25) is 14.5 Å². The summed E-state index contributed by atoms with van der Waals surface area (Å²) < 4.78 is 0. The van der Waals surface area contributed by atoms with E-state index in [0.29, 0.717) is 18.0 Å². The van der Waals surface area contributed by atoms with Crippen LogP contribution in [0.4, 0.5) is 0 Å². The fraction of sp³-hybridized carbons (Fsp3) is 0.400. The molecule has 1 aliphatic rings. The molecule has 2 aromatic rings. The van der Waals surface area contributed by atoms with E-state index in [1.54, 1.807) is 35.6 Å². The minimum absolute atomic E-state index is 0.0188. The lowest BCUT2D eigenvalue weighted by atomic mass is 9.97. The predicted molar refractivity (Wildman–Crippen MR) is 104 cm³/mol. The van der Waals surface area contributed by atoms with Crippen LogP contribution < -0.4 is 10.6 Å². The molecular formula is C20H25N3O2S. The molecule has 0 unspecified atom stereocenters. The van der Waals surface area contributed by atoms with Gasteiger partial charge in [0.1, 0.15) is 0 Å². The zero-order chi connectivity index (χ0) is 18.2. The van der Waals surface area contributed by atoms with Crippen LogP contribution in [-0.4, -0.2) is 42.9 Å². The molecule has 2 amide bonds. The Morgan fingerprint density at radius 2 is 1.81 bits per heavy atom. The highest BCUT2D eigenvalue weighted by atomic mass is 32.1. The maximum Gasteiger partial charge on any atom is 0.251 e. The maximum atomic E-state index is 12.0. The van der Waals surface area contributed by atoms with Gasteiger partial charge >= 0.3 is 0 Å². The van der Waals surface area contributed by atoms with Crippen molar-refractivity contribution in [3.05, 3.63) is 58.3 Å². The molecule has 0 atom stereocenters. The molecule has 1 aromatic carbocycles. The largest absolute Gasteiger partial charge is 0.354 e. The molecule has 26 heavy (non-hydrogen) atoms. The third-order valence-corrected chi connectivity index (χ3v) is 5.56. The number of thiophene rings is 1. The van der Waals surface area contributed by atoms with Crippen molar-refractivity contribution in [1.82, 2.24) is 15.5 Å². The van der Waals surface area contributed by atoms with Crippen molar-refractivity contribution in [3.8, 4) is 0 Å². The van der Waals surface area contributed by atoms with E-state index >= 15 is 0 Å². The second-order valence-electron chi connectivity index (χ2n) is 6.65. The molecule has 2 N–H and O–H groups in total.